The highest BCUT2D eigenvalue weighted by molar-refractivity contribution is 5.95. The maximum atomic E-state index is 12.2. The van der Waals surface area contributed by atoms with Crippen LogP contribution in [0.2, 0.25) is 0 Å². The minimum Gasteiger partial charge on any atom is -0.339 e. The largest absolute Gasteiger partial charge is 0.339 e. The van der Waals surface area contributed by atoms with E-state index in [-0.39, 0.29) is 5.91 Å². The van der Waals surface area contributed by atoms with Crippen LogP contribution in [0, 0.1) is 0 Å². The van der Waals surface area contributed by atoms with Crippen molar-refractivity contribution in [3.8, 4) is 0 Å². The predicted octanol–water partition coefficient (Wildman–Crippen LogP) is 3.90. The zero-order valence-electron chi connectivity index (χ0n) is 12.7. The molecule has 0 saturated carbocycles. The van der Waals surface area contributed by atoms with Gasteiger partial charge < -0.3 is 4.90 Å². The van der Waals surface area contributed by atoms with Crippen molar-refractivity contribution in [2.24, 2.45) is 0 Å². The lowest BCUT2D eigenvalue weighted by Gasteiger charge is -2.18. The van der Waals surface area contributed by atoms with Crippen molar-refractivity contribution in [2.45, 2.75) is 26.7 Å². The number of rotatable bonds is 6. The van der Waals surface area contributed by atoms with Crippen LogP contribution in [0.5, 0.6) is 0 Å². The first-order valence-electron chi connectivity index (χ1n) is 7.57. The summed E-state index contributed by atoms with van der Waals surface area (Å²) in [6.45, 7) is 5.72. The van der Waals surface area contributed by atoms with Gasteiger partial charge >= 0.3 is 0 Å². The quantitative estimate of drug-likeness (QED) is 0.753. The van der Waals surface area contributed by atoms with Crippen molar-refractivity contribution in [3.63, 3.8) is 0 Å². The molecule has 0 N–H and O–H groups in total. The van der Waals surface area contributed by atoms with Gasteiger partial charge in [0.2, 0.25) is 5.91 Å². The third kappa shape index (κ3) is 3.91. The minimum absolute atomic E-state index is 0.0684. The molecule has 0 aliphatic carbocycles. The van der Waals surface area contributed by atoms with Gasteiger partial charge in [0.25, 0.3) is 0 Å². The SMILES string of the molecule is CCCCN(CC)C(=O)/C=C/c1cccc2cccnc12. The Labute approximate surface area is 126 Å². The molecule has 2 aromatic rings. The Bertz CT molecular complexity index is 629. The number of fused-ring (bicyclic) bond motifs is 1. The summed E-state index contributed by atoms with van der Waals surface area (Å²) in [5.74, 6) is 0.0684. The number of benzene rings is 1. The van der Waals surface area contributed by atoms with Gasteiger partial charge in [-0.2, -0.15) is 0 Å². The second-order valence-corrected chi connectivity index (χ2v) is 5.03. The fourth-order valence-electron chi connectivity index (χ4n) is 2.30. The number of nitrogens with zero attached hydrogens (tertiary/aromatic N) is 2. The van der Waals surface area contributed by atoms with Crippen LogP contribution in [-0.2, 0) is 4.79 Å². The number of amides is 1. The standard InChI is InChI=1S/C18H22N2O/c1-3-5-14-20(4-2)17(21)12-11-16-9-6-8-15-10-7-13-19-18(15)16/h6-13H,3-5,14H2,1-2H3/b12-11+. The van der Waals surface area contributed by atoms with Crippen LogP contribution in [0.15, 0.2) is 42.6 Å². The van der Waals surface area contributed by atoms with Crippen molar-refractivity contribution < 1.29 is 4.79 Å². The molecule has 3 heteroatoms. The van der Waals surface area contributed by atoms with Crippen LogP contribution in [0.1, 0.15) is 32.3 Å². The van der Waals surface area contributed by atoms with Crippen molar-refractivity contribution >= 4 is 22.9 Å². The van der Waals surface area contributed by atoms with Crippen LogP contribution < -0.4 is 0 Å². The smallest absolute Gasteiger partial charge is 0.246 e. The summed E-state index contributed by atoms with van der Waals surface area (Å²) in [4.78, 5) is 18.5. The molecule has 1 aromatic carbocycles. The monoisotopic (exact) mass is 282 g/mol. The van der Waals surface area contributed by atoms with Crippen molar-refractivity contribution in [2.75, 3.05) is 13.1 Å². The molecule has 21 heavy (non-hydrogen) atoms. The maximum absolute atomic E-state index is 12.2. The molecule has 1 aromatic heterocycles. The number of carbonyl (C=O) groups excluding carboxylic acids is 1. The van der Waals surface area contributed by atoms with Gasteiger partial charge in [0.1, 0.15) is 0 Å². The minimum atomic E-state index is 0.0684. The number of hydrogen-bond donors (Lipinski definition) is 0. The van der Waals surface area contributed by atoms with Gasteiger partial charge in [0, 0.05) is 36.3 Å². The molecule has 3 nitrogen and oxygen atoms in total. The number of pyridine rings is 1. The van der Waals surface area contributed by atoms with Crippen LogP contribution in [0.25, 0.3) is 17.0 Å². The fourth-order valence-corrected chi connectivity index (χ4v) is 2.30. The summed E-state index contributed by atoms with van der Waals surface area (Å²) in [6, 6.07) is 9.96. The Kier molecular flexibility index (Phi) is 5.50. The van der Waals surface area contributed by atoms with E-state index >= 15 is 0 Å². The van der Waals surface area contributed by atoms with Gasteiger partial charge in [-0.1, -0.05) is 37.6 Å². The number of unbranched alkanes of at least 4 members (excludes halogenated alkanes) is 1. The van der Waals surface area contributed by atoms with E-state index in [0.717, 1.165) is 42.4 Å². The topological polar surface area (TPSA) is 33.2 Å². The van der Waals surface area contributed by atoms with Gasteiger partial charge in [-0.3, -0.25) is 9.78 Å². The van der Waals surface area contributed by atoms with Gasteiger partial charge in [-0.05, 0) is 25.5 Å². The molecule has 1 amide bonds. The van der Waals surface area contributed by atoms with E-state index in [1.54, 1.807) is 12.3 Å². The average molecular weight is 282 g/mol. The van der Waals surface area contributed by atoms with E-state index in [9.17, 15) is 4.79 Å². The van der Waals surface area contributed by atoms with E-state index < -0.39 is 0 Å². The van der Waals surface area contributed by atoms with Crippen molar-refractivity contribution in [3.05, 3.63) is 48.2 Å². The zero-order valence-corrected chi connectivity index (χ0v) is 12.7. The van der Waals surface area contributed by atoms with Crippen LogP contribution in [0.3, 0.4) is 0 Å². The fraction of sp³-hybridized carbons (Fsp3) is 0.333. The highest BCUT2D eigenvalue weighted by atomic mass is 16.2. The summed E-state index contributed by atoms with van der Waals surface area (Å²) in [6.07, 6.45) is 7.44. The maximum Gasteiger partial charge on any atom is 0.246 e. The molecule has 0 aliphatic rings. The molecule has 0 fully saturated rings. The van der Waals surface area contributed by atoms with E-state index in [4.69, 9.17) is 0 Å². The van der Waals surface area contributed by atoms with Crippen LogP contribution >= 0.6 is 0 Å². The summed E-state index contributed by atoms with van der Waals surface area (Å²) in [5.41, 5.74) is 1.91. The third-order valence-corrected chi connectivity index (χ3v) is 3.54. The Balaban J connectivity index is 2.17. The van der Waals surface area contributed by atoms with Gasteiger partial charge in [0.15, 0.2) is 0 Å². The number of aromatic nitrogens is 1. The number of hydrogen-bond acceptors (Lipinski definition) is 2. The van der Waals surface area contributed by atoms with E-state index in [0.29, 0.717) is 0 Å². The van der Waals surface area contributed by atoms with E-state index in [1.165, 1.54) is 0 Å². The Morgan fingerprint density at radius 1 is 1.24 bits per heavy atom. The lowest BCUT2D eigenvalue weighted by atomic mass is 10.1. The zero-order chi connectivity index (χ0) is 15.1. The molecular formula is C18H22N2O. The van der Waals surface area contributed by atoms with Gasteiger partial charge in [-0.25, -0.2) is 0 Å². The second kappa shape index (κ2) is 7.58. The molecule has 0 saturated heterocycles. The molecule has 0 bridgehead atoms. The number of para-hydroxylation sites is 1. The average Bonchev–Trinajstić information content (AvgIpc) is 2.53. The molecule has 0 radical (unpaired) electrons. The first-order chi connectivity index (χ1) is 10.3. The highest BCUT2D eigenvalue weighted by Gasteiger charge is 2.07. The lowest BCUT2D eigenvalue weighted by Crippen LogP contribution is -2.30. The Morgan fingerprint density at radius 2 is 2.05 bits per heavy atom. The second-order valence-electron chi connectivity index (χ2n) is 5.03. The van der Waals surface area contributed by atoms with E-state index in [2.05, 4.69) is 11.9 Å². The van der Waals surface area contributed by atoms with Crippen molar-refractivity contribution in [1.29, 1.82) is 0 Å². The third-order valence-electron chi connectivity index (χ3n) is 3.54. The molecule has 0 unspecified atom stereocenters. The van der Waals surface area contributed by atoms with Gasteiger partial charge in [0.05, 0.1) is 5.52 Å². The molecule has 110 valence electrons. The first-order valence-corrected chi connectivity index (χ1v) is 7.57. The normalized spacial score (nSPS) is 11.1. The predicted molar refractivity (Wildman–Crippen MR) is 87.9 cm³/mol. The molecule has 2 rings (SSSR count). The summed E-state index contributed by atoms with van der Waals surface area (Å²) in [5, 5.41) is 1.09. The number of likely N-dealkylation sites (N-methyl/N-ethyl adjacent to an activating group) is 1. The highest BCUT2D eigenvalue weighted by Crippen LogP contribution is 2.17. The van der Waals surface area contributed by atoms with Crippen LogP contribution in [-0.4, -0.2) is 28.9 Å². The Hall–Kier alpha value is -2.16. The first kappa shape index (κ1) is 15.2. The molecule has 1 heterocycles. The molecule has 0 aliphatic heterocycles. The summed E-state index contributed by atoms with van der Waals surface area (Å²) >= 11 is 0. The van der Waals surface area contributed by atoms with Gasteiger partial charge in [-0.15, -0.1) is 0 Å². The van der Waals surface area contributed by atoms with Crippen molar-refractivity contribution in [1.82, 2.24) is 9.88 Å². The summed E-state index contributed by atoms with van der Waals surface area (Å²) in [7, 11) is 0. The van der Waals surface area contributed by atoms with Crippen LogP contribution in [0.4, 0.5) is 0 Å². The lowest BCUT2D eigenvalue weighted by molar-refractivity contribution is -0.125. The Morgan fingerprint density at radius 3 is 2.81 bits per heavy atom. The number of carbonyl (C=O) groups is 1. The van der Waals surface area contributed by atoms with E-state index in [1.807, 2.05) is 48.2 Å². The summed E-state index contributed by atoms with van der Waals surface area (Å²) < 4.78 is 0. The molecule has 0 atom stereocenters. The molecule has 0 spiro atoms. The molecular weight excluding hydrogens is 260 g/mol.